The van der Waals surface area contributed by atoms with Gasteiger partial charge in [0.25, 0.3) is 0 Å². The van der Waals surface area contributed by atoms with Gasteiger partial charge in [-0.05, 0) is 62.9 Å². The van der Waals surface area contributed by atoms with Gasteiger partial charge in [0.2, 0.25) is 0 Å². The highest BCUT2D eigenvalue weighted by molar-refractivity contribution is 5.97. The zero-order valence-corrected chi connectivity index (χ0v) is 21.4. The molecule has 4 saturated carbocycles. The predicted molar refractivity (Wildman–Crippen MR) is 125 cm³/mol. The number of carbonyl (C=O) groups excluding carboxylic acids is 2. The van der Waals surface area contributed by atoms with E-state index >= 15 is 0 Å². The van der Waals surface area contributed by atoms with Crippen molar-refractivity contribution in [2.45, 2.75) is 95.4 Å². The zero-order valence-electron chi connectivity index (χ0n) is 21.4. The van der Waals surface area contributed by atoms with E-state index in [2.05, 4.69) is 0 Å². The Morgan fingerprint density at radius 3 is 2.42 bits per heavy atom. The molecule has 0 aromatic carbocycles. The summed E-state index contributed by atoms with van der Waals surface area (Å²) in [6.07, 6.45) is 0.620. The molecule has 0 aromatic heterocycles. The lowest BCUT2D eigenvalue weighted by molar-refractivity contribution is -0.361. The van der Waals surface area contributed by atoms with E-state index in [1.807, 2.05) is 13.8 Å². The summed E-state index contributed by atoms with van der Waals surface area (Å²) in [5, 5.41) is 48.2. The van der Waals surface area contributed by atoms with Gasteiger partial charge in [-0.25, -0.2) is 4.79 Å². The number of fused-ring (bicyclic) bond motifs is 5. The maximum absolute atomic E-state index is 13.7. The first-order valence-electron chi connectivity index (χ1n) is 13.4. The van der Waals surface area contributed by atoms with Crippen molar-refractivity contribution in [1.29, 1.82) is 0 Å². The number of ketones is 1. The van der Waals surface area contributed by atoms with Gasteiger partial charge in [-0.1, -0.05) is 20.8 Å². The molecule has 1 unspecified atom stereocenters. The van der Waals surface area contributed by atoms with Crippen molar-refractivity contribution < 1.29 is 39.5 Å². The second kappa shape index (κ2) is 6.28. The molecule has 0 amide bonds. The minimum absolute atomic E-state index is 0.0421. The first kappa shape index (κ1) is 23.4. The quantitative estimate of drug-likeness (QED) is 0.367. The minimum Gasteiger partial charge on any atom is -0.491 e. The summed E-state index contributed by atoms with van der Waals surface area (Å²) >= 11 is 0. The van der Waals surface area contributed by atoms with E-state index < -0.39 is 57.6 Å². The normalized spacial score (nSPS) is 60.5. The van der Waals surface area contributed by atoms with E-state index in [9.17, 15) is 30.0 Å². The molecule has 2 aliphatic heterocycles. The highest BCUT2D eigenvalue weighted by atomic mass is 16.6. The van der Waals surface area contributed by atoms with E-state index in [-0.39, 0.29) is 36.1 Å². The van der Waals surface area contributed by atoms with Crippen molar-refractivity contribution in [2.75, 3.05) is 0 Å². The maximum Gasteiger partial charge on any atom is 0.334 e. The van der Waals surface area contributed by atoms with Gasteiger partial charge >= 0.3 is 5.97 Å². The van der Waals surface area contributed by atoms with Gasteiger partial charge in [0.1, 0.15) is 29.7 Å². The van der Waals surface area contributed by atoms with Crippen LogP contribution in [-0.4, -0.2) is 67.3 Å². The lowest BCUT2D eigenvalue weighted by Gasteiger charge is -2.72. The molecular weight excluding hydrogens is 464 g/mol. The van der Waals surface area contributed by atoms with Gasteiger partial charge < -0.3 is 29.9 Å². The Balaban J connectivity index is 1.49. The molecule has 2 bridgehead atoms. The average molecular weight is 501 g/mol. The SMILES string of the molecule is CC1=C(C)[C@]2(OC1=O)[C@H](O)[C@@H](C)[C@]1(O)CC[C@H]3[C@@H]4C[C@H]5OC6=CC(=O)[C@@](C)(C5[C@H]6O)[C@H]4C[C@@]2(O)[C@@]31C. The first-order valence-corrected chi connectivity index (χ1v) is 13.4. The number of ether oxygens (including phenoxy) is 2. The largest absolute Gasteiger partial charge is 0.491 e. The number of carbonyl (C=O) groups is 2. The van der Waals surface area contributed by atoms with Crippen LogP contribution in [0.5, 0.6) is 0 Å². The standard InChI is InChI=1S/C28H36O8/c1-11-12(2)28(36-23(11)32)22(31)13(3)26(33)7-6-15-14-8-17-20-21(30)18(35-17)9-19(29)24(20,4)16(14)10-27(28,34)25(15,26)5/h9,13-17,20-22,30-31,33-34H,6-8,10H2,1-5H3/t13-,14+,15+,16+,17-,20?,21+,22-,24+,25+,26-,27-,28+/m1/s1. The topological polar surface area (TPSA) is 134 Å². The molecule has 1 spiro atoms. The van der Waals surface area contributed by atoms with Crippen LogP contribution in [0.25, 0.3) is 0 Å². The van der Waals surface area contributed by atoms with E-state index in [1.165, 1.54) is 6.08 Å². The minimum atomic E-state index is -1.83. The van der Waals surface area contributed by atoms with E-state index in [4.69, 9.17) is 9.47 Å². The number of aliphatic hydroxyl groups is 4. The molecule has 36 heavy (non-hydrogen) atoms. The van der Waals surface area contributed by atoms with Crippen LogP contribution < -0.4 is 0 Å². The van der Waals surface area contributed by atoms with Gasteiger partial charge in [0, 0.05) is 34.3 Å². The van der Waals surface area contributed by atoms with Crippen molar-refractivity contribution in [2.24, 2.45) is 40.4 Å². The van der Waals surface area contributed by atoms with Crippen LogP contribution in [0.15, 0.2) is 23.0 Å². The molecule has 8 nitrogen and oxygen atoms in total. The third-order valence-electron chi connectivity index (χ3n) is 12.9. The van der Waals surface area contributed by atoms with Crippen LogP contribution >= 0.6 is 0 Å². The third kappa shape index (κ3) is 1.95. The van der Waals surface area contributed by atoms with Crippen molar-refractivity contribution in [3.63, 3.8) is 0 Å². The molecule has 0 radical (unpaired) electrons. The molecule has 4 N–H and O–H groups in total. The van der Waals surface area contributed by atoms with Crippen molar-refractivity contribution in [3.05, 3.63) is 23.0 Å². The summed E-state index contributed by atoms with van der Waals surface area (Å²) in [5.41, 5.74) is -6.19. The number of hydrogen-bond donors (Lipinski definition) is 4. The van der Waals surface area contributed by atoms with E-state index in [0.29, 0.717) is 36.2 Å². The van der Waals surface area contributed by atoms with Gasteiger partial charge in [0.15, 0.2) is 11.4 Å². The Hall–Kier alpha value is -1.74. The second-order valence-electron chi connectivity index (χ2n) is 13.3. The number of aliphatic hydroxyl groups excluding tert-OH is 2. The summed E-state index contributed by atoms with van der Waals surface area (Å²) in [4.78, 5) is 26.6. The molecule has 7 aliphatic rings. The molecular formula is C28H36O8. The zero-order chi connectivity index (χ0) is 26.0. The van der Waals surface area contributed by atoms with Crippen molar-refractivity contribution in [1.82, 2.24) is 0 Å². The Labute approximate surface area is 210 Å². The van der Waals surface area contributed by atoms with Gasteiger partial charge in [-0.3, -0.25) is 4.79 Å². The molecule has 5 fully saturated rings. The van der Waals surface area contributed by atoms with E-state index in [1.54, 1.807) is 20.8 Å². The molecule has 8 heteroatoms. The second-order valence-corrected chi connectivity index (χ2v) is 13.3. The van der Waals surface area contributed by atoms with Crippen LogP contribution in [-0.2, 0) is 19.1 Å². The fraction of sp³-hybridized carbons (Fsp3) is 0.786. The highest BCUT2D eigenvalue weighted by Gasteiger charge is 2.86. The van der Waals surface area contributed by atoms with Crippen LogP contribution in [0, 0.1) is 40.4 Å². The number of hydrogen-bond acceptors (Lipinski definition) is 8. The fourth-order valence-electron chi connectivity index (χ4n) is 10.9. The highest BCUT2D eigenvalue weighted by Crippen LogP contribution is 2.77. The first-order chi connectivity index (χ1) is 16.7. The lowest BCUT2D eigenvalue weighted by atomic mass is 9.35. The molecule has 13 atom stereocenters. The Kier molecular flexibility index (Phi) is 4.08. The van der Waals surface area contributed by atoms with Gasteiger partial charge in [-0.15, -0.1) is 0 Å². The third-order valence-corrected chi connectivity index (χ3v) is 12.9. The molecule has 7 rings (SSSR count). The van der Waals surface area contributed by atoms with Crippen LogP contribution in [0.3, 0.4) is 0 Å². The Morgan fingerprint density at radius 2 is 1.78 bits per heavy atom. The predicted octanol–water partition coefficient (Wildman–Crippen LogP) is 1.40. The molecule has 196 valence electrons. The summed E-state index contributed by atoms with van der Waals surface area (Å²) in [6.45, 7) is 8.94. The van der Waals surface area contributed by atoms with Gasteiger partial charge in [-0.2, -0.15) is 0 Å². The lowest BCUT2D eigenvalue weighted by Crippen LogP contribution is -2.84. The maximum atomic E-state index is 13.7. The van der Waals surface area contributed by atoms with Crippen LogP contribution in [0.1, 0.15) is 60.3 Å². The van der Waals surface area contributed by atoms with Crippen molar-refractivity contribution >= 4 is 11.8 Å². The average Bonchev–Trinajstić information content (AvgIpc) is 3.36. The summed E-state index contributed by atoms with van der Waals surface area (Å²) in [6, 6.07) is 0. The molecule has 1 saturated heterocycles. The van der Waals surface area contributed by atoms with Gasteiger partial charge in [0.05, 0.1) is 5.60 Å². The summed E-state index contributed by atoms with van der Waals surface area (Å²) < 4.78 is 12.1. The summed E-state index contributed by atoms with van der Waals surface area (Å²) in [5.74, 6) is -2.03. The molecule has 5 aliphatic carbocycles. The van der Waals surface area contributed by atoms with Crippen LogP contribution in [0.4, 0.5) is 0 Å². The Bertz CT molecular complexity index is 1190. The fourth-order valence-corrected chi connectivity index (χ4v) is 10.9. The molecule has 0 aromatic rings. The summed E-state index contributed by atoms with van der Waals surface area (Å²) in [7, 11) is 0. The monoisotopic (exact) mass is 500 g/mol. The number of allylic oxidation sites excluding steroid dienone is 1. The van der Waals surface area contributed by atoms with E-state index in [0.717, 1.165) is 0 Å². The smallest absolute Gasteiger partial charge is 0.334 e. The number of esters is 1. The number of rotatable bonds is 0. The van der Waals surface area contributed by atoms with Crippen LogP contribution in [0.2, 0.25) is 0 Å². The Morgan fingerprint density at radius 1 is 1.08 bits per heavy atom. The van der Waals surface area contributed by atoms with Crippen molar-refractivity contribution in [3.8, 4) is 0 Å². The molecule has 2 heterocycles.